The summed E-state index contributed by atoms with van der Waals surface area (Å²) in [5.41, 5.74) is -0.753. The first-order valence-electron chi connectivity index (χ1n) is 6.91. The number of alkyl halides is 3. The Morgan fingerprint density at radius 3 is 2.29 bits per heavy atom. The average molecular weight is 306 g/mol. The molecule has 0 spiro atoms. The molecule has 0 aliphatic rings. The Labute approximate surface area is 122 Å². The molecule has 0 saturated carbocycles. The van der Waals surface area contributed by atoms with E-state index in [0.29, 0.717) is 6.54 Å². The van der Waals surface area contributed by atoms with Crippen LogP contribution in [0.15, 0.2) is 18.2 Å². The fraction of sp³-hybridized carbons (Fsp3) is 0.600. The van der Waals surface area contributed by atoms with E-state index in [1.54, 1.807) is 0 Å². The lowest BCUT2D eigenvalue weighted by molar-refractivity contribution is -0.137. The Balaban J connectivity index is 2.42. The third-order valence-electron chi connectivity index (χ3n) is 2.87. The molecule has 21 heavy (non-hydrogen) atoms. The molecule has 6 heteroatoms. The topological polar surface area (TPSA) is 24.1 Å². The summed E-state index contributed by atoms with van der Waals surface area (Å²) >= 11 is 0. The van der Waals surface area contributed by atoms with Crippen molar-refractivity contribution in [1.82, 2.24) is 10.6 Å². The number of nitrogens with one attached hydrogen (secondary N) is 2. The van der Waals surface area contributed by atoms with Crippen LogP contribution in [0.3, 0.4) is 0 Å². The second-order valence-corrected chi connectivity index (χ2v) is 6.01. The molecular weight excluding hydrogens is 284 g/mol. The van der Waals surface area contributed by atoms with E-state index < -0.39 is 17.6 Å². The average Bonchev–Trinajstić information content (AvgIpc) is 2.32. The zero-order chi connectivity index (χ0) is 16.1. The van der Waals surface area contributed by atoms with E-state index in [0.717, 1.165) is 31.2 Å². The zero-order valence-corrected chi connectivity index (χ0v) is 12.6. The molecule has 0 aliphatic carbocycles. The number of rotatable bonds is 6. The molecule has 0 unspecified atom stereocenters. The molecule has 0 amide bonds. The van der Waals surface area contributed by atoms with Crippen molar-refractivity contribution in [2.24, 2.45) is 0 Å². The van der Waals surface area contributed by atoms with Crippen molar-refractivity contribution < 1.29 is 17.6 Å². The van der Waals surface area contributed by atoms with Crippen molar-refractivity contribution >= 4 is 0 Å². The van der Waals surface area contributed by atoms with Gasteiger partial charge < -0.3 is 10.6 Å². The van der Waals surface area contributed by atoms with Gasteiger partial charge in [0, 0.05) is 17.6 Å². The standard InChI is InChI=1S/C15H22F4N2/c1-14(2,3)21-8-4-7-20-10-11-9-12(15(17,18)19)5-6-13(11)16/h5-6,9,20-21H,4,7-8,10H2,1-3H3. The van der Waals surface area contributed by atoms with E-state index in [-0.39, 0.29) is 17.6 Å². The highest BCUT2D eigenvalue weighted by Gasteiger charge is 2.30. The van der Waals surface area contributed by atoms with Gasteiger partial charge in [-0.25, -0.2) is 4.39 Å². The molecule has 0 atom stereocenters. The molecule has 0 heterocycles. The first-order valence-corrected chi connectivity index (χ1v) is 6.91. The third-order valence-corrected chi connectivity index (χ3v) is 2.87. The Hall–Kier alpha value is -1.14. The Morgan fingerprint density at radius 2 is 1.71 bits per heavy atom. The second-order valence-electron chi connectivity index (χ2n) is 6.01. The number of hydrogen-bond acceptors (Lipinski definition) is 2. The lowest BCUT2D eigenvalue weighted by Crippen LogP contribution is -2.37. The number of halogens is 4. The predicted octanol–water partition coefficient (Wildman–Crippen LogP) is 3.71. The normalized spacial score (nSPS) is 12.7. The second kappa shape index (κ2) is 7.22. The van der Waals surface area contributed by atoms with Crippen LogP contribution in [0.4, 0.5) is 17.6 Å². The van der Waals surface area contributed by atoms with Gasteiger partial charge in [-0.1, -0.05) is 0 Å². The molecule has 1 rings (SSSR count). The van der Waals surface area contributed by atoms with Crippen molar-refractivity contribution in [2.75, 3.05) is 13.1 Å². The molecule has 2 N–H and O–H groups in total. The van der Waals surface area contributed by atoms with Crippen LogP contribution < -0.4 is 10.6 Å². The lowest BCUT2D eigenvalue weighted by Gasteiger charge is -2.20. The van der Waals surface area contributed by atoms with Gasteiger partial charge in [-0.3, -0.25) is 0 Å². The van der Waals surface area contributed by atoms with Gasteiger partial charge in [0.15, 0.2) is 0 Å². The fourth-order valence-electron chi connectivity index (χ4n) is 1.79. The Morgan fingerprint density at radius 1 is 1.05 bits per heavy atom. The minimum absolute atomic E-state index is 0.0349. The molecule has 1 aromatic carbocycles. The van der Waals surface area contributed by atoms with Crippen LogP contribution in [0.25, 0.3) is 0 Å². The molecule has 1 aromatic rings. The lowest BCUT2D eigenvalue weighted by atomic mass is 10.1. The predicted molar refractivity (Wildman–Crippen MR) is 75.5 cm³/mol. The van der Waals surface area contributed by atoms with E-state index in [1.165, 1.54) is 0 Å². The summed E-state index contributed by atoms with van der Waals surface area (Å²) in [5.74, 6) is -0.622. The van der Waals surface area contributed by atoms with Crippen LogP contribution in [0, 0.1) is 5.82 Å². The molecule has 0 fully saturated rings. The van der Waals surface area contributed by atoms with Gasteiger partial charge in [-0.15, -0.1) is 0 Å². The smallest absolute Gasteiger partial charge is 0.313 e. The van der Waals surface area contributed by atoms with Crippen LogP contribution in [-0.4, -0.2) is 18.6 Å². The summed E-state index contributed by atoms with van der Waals surface area (Å²) in [6.07, 6.45) is -3.63. The van der Waals surface area contributed by atoms with Gasteiger partial charge in [0.1, 0.15) is 5.82 Å². The number of hydrogen-bond donors (Lipinski definition) is 2. The molecule has 0 bridgehead atoms. The molecule has 0 aliphatic heterocycles. The first-order chi connectivity index (χ1) is 9.59. The molecule has 0 aromatic heterocycles. The van der Waals surface area contributed by atoms with Crippen molar-refractivity contribution in [3.05, 3.63) is 35.1 Å². The number of benzene rings is 1. The van der Waals surface area contributed by atoms with Gasteiger partial charge in [-0.05, 0) is 58.5 Å². The van der Waals surface area contributed by atoms with E-state index in [1.807, 2.05) is 0 Å². The van der Waals surface area contributed by atoms with Gasteiger partial charge in [-0.2, -0.15) is 13.2 Å². The SMILES string of the molecule is CC(C)(C)NCCCNCc1cc(C(F)(F)F)ccc1F. The van der Waals surface area contributed by atoms with Crippen molar-refractivity contribution in [2.45, 2.75) is 45.5 Å². The molecular formula is C15H22F4N2. The molecule has 2 nitrogen and oxygen atoms in total. The summed E-state index contributed by atoms with van der Waals surface area (Å²) in [6, 6.07) is 2.48. The van der Waals surface area contributed by atoms with Gasteiger partial charge >= 0.3 is 6.18 Å². The van der Waals surface area contributed by atoms with Gasteiger partial charge in [0.25, 0.3) is 0 Å². The van der Waals surface area contributed by atoms with Gasteiger partial charge in [0.05, 0.1) is 5.56 Å². The summed E-state index contributed by atoms with van der Waals surface area (Å²) in [7, 11) is 0. The quantitative estimate of drug-likeness (QED) is 0.618. The van der Waals surface area contributed by atoms with Crippen LogP contribution in [0.2, 0.25) is 0 Å². The van der Waals surface area contributed by atoms with E-state index >= 15 is 0 Å². The maximum atomic E-state index is 13.5. The van der Waals surface area contributed by atoms with Crippen LogP contribution >= 0.6 is 0 Å². The molecule has 0 saturated heterocycles. The summed E-state index contributed by atoms with van der Waals surface area (Å²) < 4.78 is 51.1. The highest BCUT2D eigenvalue weighted by atomic mass is 19.4. The monoisotopic (exact) mass is 306 g/mol. The maximum Gasteiger partial charge on any atom is 0.416 e. The van der Waals surface area contributed by atoms with Crippen molar-refractivity contribution in [3.63, 3.8) is 0 Å². The summed E-state index contributed by atoms with van der Waals surface area (Å²) in [5, 5.41) is 6.26. The highest BCUT2D eigenvalue weighted by Crippen LogP contribution is 2.30. The van der Waals surface area contributed by atoms with E-state index in [9.17, 15) is 17.6 Å². The van der Waals surface area contributed by atoms with Gasteiger partial charge in [0.2, 0.25) is 0 Å². The third kappa shape index (κ3) is 6.91. The zero-order valence-electron chi connectivity index (χ0n) is 12.6. The molecule has 0 radical (unpaired) electrons. The maximum absolute atomic E-state index is 13.5. The summed E-state index contributed by atoms with van der Waals surface area (Å²) in [4.78, 5) is 0. The van der Waals surface area contributed by atoms with E-state index in [2.05, 4.69) is 31.4 Å². The van der Waals surface area contributed by atoms with Crippen molar-refractivity contribution in [1.29, 1.82) is 0 Å². The van der Waals surface area contributed by atoms with Crippen LogP contribution in [0.5, 0.6) is 0 Å². The fourth-order valence-corrected chi connectivity index (χ4v) is 1.79. The van der Waals surface area contributed by atoms with E-state index in [4.69, 9.17) is 0 Å². The highest BCUT2D eigenvalue weighted by molar-refractivity contribution is 5.27. The summed E-state index contributed by atoms with van der Waals surface area (Å²) in [6.45, 7) is 7.65. The minimum atomic E-state index is -4.45. The largest absolute Gasteiger partial charge is 0.416 e. The minimum Gasteiger partial charge on any atom is -0.313 e. The Kier molecular flexibility index (Phi) is 6.16. The van der Waals surface area contributed by atoms with Crippen LogP contribution in [0.1, 0.15) is 38.3 Å². The molecule has 120 valence electrons. The first kappa shape index (κ1) is 17.9. The van der Waals surface area contributed by atoms with Crippen molar-refractivity contribution in [3.8, 4) is 0 Å². The Bertz CT molecular complexity index is 450. The van der Waals surface area contributed by atoms with Crippen LogP contribution in [-0.2, 0) is 12.7 Å².